The molecule has 0 aromatic heterocycles. The molecule has 1 saturated heterocycles. The lowest BCUT2D eigenvalue weighted by atomic mass is 10.1. The van der Waals surface area contributed by atoms with Gasteiger partial charge in [0.25, 0.3) is 0 Å². The van der Waals surface area contributed by atoms with Crippen LogP contribution in [0.3, 0.4) is 0 Å². The van der Waals surface area contributed by atoms with Gasteiger partial charge in [0.05, 0.1) is 13.2 Å². The second kappa shape index (κ2) is 11.6. The summed E-state index contributed by atoms with van der Waals surface area (Å²) in [5.41, 5.74) is 3.99. The summed E-state index contributed by atoms with van der Waals surface area (Å²) in [6, 6.07) is 19.8. The number of hydrogen-bond acceptors (Lipinski definition) is 3. The van der Waals surface area contributed by atoms with Crippen molar-refractivity contribution in [2.24, 2.45) is 4.99 Å². The minimum absolute atomic E-state index is 0.359. The van der Waals surface area contributed by atoms with E-state index in [1.807, 2.05) is 7.05 Å². The van der Waals surface area contributed by atoms with E-state index in [1.165, 1.54) is 16.7 Å². The van der Waals surface area contributed by atoms with Gasteiger partial charge >= 0.3 is 0 Å². The molecular formula is C24H34N4O. The van der Waals surface area contributed by atoms with E-state index in [9.17, 15) is 0 Å². The van der Waals surface area contributed by atoms with Gasteiger partial charge in [-0.2, -0.15) is 0 Å². The first-order valence-electron chi connectivity index (χ1n) is 10.6. The highest BCUT2D eigenvalue weighted by atomic mass is 16.5. The van der Waals surface area contributed by atoms with Gasteiger partial charge in [-0.15, -0.1) is 0 Å². The Hall–Kier alpha value is -2.37. The Morgan fingerprint density at radius 2 is 1.69 bits per heavy atom. The van der Waals surface area contributed by atoms with Crippen molar-refractivity contribution in [3.63, 3.8) is 0 Å². The fourth-order valence-corrected chi connectivity index (χ4v) is 3.49. The van der Waals surface area contributed by atoms with E-state index in [-0.39, 0.29) is 0 Å². The van der Waals surface area contributed by atoms with E-state index in [0.717, 1.165) is 58.2 Å². The Bertz CT molecular complexity index is 739. The smallest absolute Gasteiger partial charge is 0.191 e. The molecule has 1 aliphatic rings. The molecule has 1 unspecified atom stereocenters. The standard InChI is InChI=1S/C24H34N4O/c1-20(8-9-21-6-4-3-5-7-21)27-24(25-2)26-18-22-10-12-23(13-11-22)19-28-14-16-29-17-15-28/h3-7,10-13,20H,8-9,14-19H2,1-2H3,(H2,25,26,27). The Morgan fingerprint density at radius 3 is 2.38 bits per heavy atom. The highest BCUT2D eigenvalue weighted by Crippen LogP contribution is 2.09. The molecular weight excluding hydrogens is 360 g/mol. The SMILES string of the molecule is CN=C(NCc1ccc(CN2CCOCC2)cc1)NC(C)CCc1ccccc1. The number of ether oxygens (including phenoxy) is 1. The van der Waals surface area contributed by atoms with Crippen molar-refractivity contribution >= 4 is 5.96 Å². The van der Waals surface area contributed by atoms with Gasteiger partial charge in [-0.1, -0.05) is 54.6 Å². The molecule has 0 bridgehead atoms. The van der Waals surface area contributed by atoms with Gasteiger partial charge in [-0.05, 0) is 36.5 Å². The summed E-state index contributed by atoms with van der Waals surface area (Å²) in [4.78, 5) is 6.81. The Labute approximate surface area is 175 Å². The molecule has 0 radical (unpaired) electrons. The fraction of sp³-hybridized carbons (Fsp3) is 0.458. The van der Waals surface area contributed by atoms with E-state index < -0.39 is 0 Å². The first-order valence-corrected chi connectivity index (χ1v) is 10.6. The molecule has 5 heteroatoms. The number of benzene rings is 2. The van der Waals surface area contributed by atoms with Crippen molar-refractivity contribution < 1.29 is 4.74 Å². The van der Waals surface area contributed by atoms with Crippen LogP contribution in [0.2, 0.25) is 0 Å². The zero-order valence-corrected chi connectivity index (χ0v) is 17.7. The highest BCUT2D eigenvalue weighted by molar-refractivity contribution is 5.79. The van der Waals surface area contributed by atoms with Gasteiger partial charge in [0.2, 0.25) is 0 Å². The van der Waals surface area contributed by atoms with Crippen LogP contribution in [-0.4, -0.2) is 50.3 Å². The zero-order valence-electron chi connectivity index (χ0n) is 17.7. The van der Waals surface area contributed by atoms with E-state index in [4.69, 9.17) is 4.74 Å². The van der Waals surface area contributed by atoms with E-state index in [0.29, 0.717) is 6.04 Å². The molecule has 0 amide bonds. The van der Waals surface area contributed by atoms with Gasteiger partial charge in [-0.25, -0.2) is 0 Å². The number of aliphatic imine (C=N–C) groups is 1. The van der Waals surface area contributed by atoms with Crippen LogP contribution in [0, 0.1) is 0 Å². The van der Waals surface area contributed by atoms with Gasteiger partial charge in [-0.3, -0.25) is 9.89 Å². The van der Waals surface area contributed by atoms with E-state index in [2.05, 4.69) is 82.0 Å². The van der Waals surface area contributed by atoms with Crippen molar-refractivity contribution in [3.05, 3.63) is 71.3 Å². The van der Waals surface area contributed by atoms with Crippen molar-refractivity contribution in [1.82, 2.24) is 15.5 Å². The quantitative estimate of drug-likeness (QED) is 0.533. The van der Waals surface area contributed by atoms with Crippen molar-refractivity contribution in [2.75, 3.05) is 33.4 Å². The Balaban J connectivity index is 1.40. The van der Waals surface area contributed by atoms with Crippen LogP contribution in [0.4, 0.5) is 0 Å². The summed E-state index contributed by atoms with van der Waals surface area (Å²) in [7, 11) is 1.82. The molecule has 0 aliphatic carbocycles. The molecule has 0 spiro atoms. The molecule has 2 N–H and O–H groups in total. The second-order valence-corrected chi connectivity index (χ2v) is 7.70. The molecule has 2 aromatic rings. The van der Waals surface area contributed by atoms with E-state index in [1.54, 1.807) is 0 Å². The van der Waals surface area contributed by atoms with Crippen LogP contribution in [0.5, 0.6) is 0 Å². The maximum atomic E-state index is 5.42. The summed E-state index contributed by atoms with van der Waals surface area (Å²) in [5.74, 6) is 0.850. The predicted octanol–water partition coefficient (Wildman–Crippen LogP) is 3.21. The predicted molar refractivity (Wildman–Crippen MR) is 120 cm³/mol. The third kappa shape index (κ3) is 7.52. The van der Waals surface area contributed by atoms with Crippen LogP contribution >= 0.6 is 0 Å². The number of hydrogen-bond donors (Lipinski definition) is 2. The maximum Gasteiger partial charge on any atom is 0.191 e. The molecule has 5 nitrogen and oxygen atoms in total. The summed E-state index contributed by atoms with van der Waals surface area (Å²) < 4.78 is 5.42. The van der Waals surface area contributed by atoms with Crippen LogP contribution in [-0.2, 0) is 24.2 Å². The van der Waals surface area contributed by atoms with Gasteiger partial charge < -0.3 is 15.4 Å². The van der Waals surface area contributed by atoms with Crippen molar-refractivity contribution in [2.45, 2.75) is 38.9 Å². The lowest BCUT2D eigenvalue weighted by molar-refractivity contribution is 0.0342. The lowest BCUT2D eigenvalue weighted by Gasteiger charge is -2.26. The number of nitrogens with one attached hydrogen (secondary N) is 2. The number of guanidine groups is 1. The molecule has 1 heterocycles. The average Bonchev–Trinajstić information content (AvgIpc) is 2.77. The van der Waals surface area contributed by atoms with Crippen molar-refractivity contribution in [3.8, 4) is 0 Å². The van der Waals surface area contributed by atoms with Crippen LogP contribution in [0.25, 0.3) is 0 Å². The summed E-state index contributed by atoms with van der Waals surface area (Å²) in [5, 5.41) is 6.92. The molecule has 3 rings (SSSR count). The number of rotatable bonds is 8. The van der Waals surface area contributed by atoms with Crippen LogP contribution < -0.4 is 10.6 Å². The lowest BCUT2D eigenvalue weighted by Crippen LogP contribution is -2.42. The largest absolute Gasteiger partial charge is 0.379 e. The average molecular weight is 395 g/mol. The topological polar surface area (TPSA) is 48.9 Å². The second-order valence-electron chi connectivity index (χ2n) is 7.70. The number of aryl methyl sites for hydroxylation is 1. The van der Waals surface area contributed by atoms with Gasteiger partial charge in [0.15, 0.2) is 5.96 Å². The van der Waals surface area contributed by atoms with Crippen molar-refractivity contribution in [1.29, 1.82) is 0 Å². The molecule has 1 fully saturated rings. The fourth-order valence-electron chi connectivity index (χ4n) is 3.49. The minimum Gasteiger partial charge on any atom is -0.379 e. The third-order valence-electron chi connectivity index (χ3n) is 5.31. The Kier molecular flexibility index (Phi) is 8.53. The maximum absolute atomic E-state index is 5.42. The van der Waals surface area contributed by atoms with Gasteiger partial charge in [0, 0.05) is 39.3 Å². The first-order chi connectivity index (χ1) is 14.2. The molecule has 0 saturated carbocycles. The molecule has 2 aromatic carbocycles. The normalized spacial score (nSPS) is 16.4. The summed E-state index contributed by atoms with van der Waals surface area (Å²) >= 11 is 0. The molecule has 156 valence electrons. The van der Waals surface area contributed by atoms with Crippen LogP contribution in [0.15, 0.2) is 59.6 Å². The summed E-state index contributed by atoms with van der Waals surface area (Å²) in [6.07, 6.45) is 2.14. The minimum atomic E-state index is 0.359. The van der Waals surface area contributed by atoms with E-state index >= 15 is 0 Å². The number of morpholine rings is 1. The first kappa shape index (κ1) is 21.3. The monoisotopic (exact) mass is 394 g/mol. The van der Waals surface area contributed by atoms with Gasteiger partial charge in [0.1, 0.15) is 0 Å². The summed E-state index contributed by atoms with van der Waals surface area (Å²) in [6.45, 7) is 7.70. The molecule has 1 atom stereocenters. The highest BCUT2D eigenvalue weighted by Gasteiger charge is 2.10. The number of nitrogens with zero attached hydrogens (tertiary/aromatic N) is 2. The zero-order chi connectivity index (χ0) is 20.3. The molecule has 29 heavy (non-hydrogen) atoms. The molecule has 1 aliphatic heterocycles. The third-order valence-corrected chi connectivity index (χ3v) is 5.31. The van der Waals surface area contributed by atoms with Crippen LogP contribution in [0.1, 0.15) is 30.0 Å². The Morgan fingerprint density at radius 1 is 1.00 bits per heavy atom.